The standard InChI is InChI=1S/C17H14BrN3OS/c1-21-11-14(10-19-21)20-17(22)8-6-15-5-7-16(23-15)12-3-2-4-13(18)9-12/h2-11H,1H3,(H,20,22)/b8-6+. The van der Waals surface area contributed by atoms with Crippen molar-refractivity contribution in [3.8, 4) is 10.4 Å². The first-order chi connectivity index (χ1) is 11.1. The van der Waals surface area contributed by atoms with E-state index in [1.54, 1.807) is 35.5 Å². The van der Waals surface area contributed by atoms with Crippen molar-refractivity contribution < 1.29 is 4.79 Å². The van der Waals surface area contributed by atoms with Crippen LogP contribution in [0.3, 0.4) is 0 Å². The molecule has 3 rings (SSSR count). The fourth-order valence-electron chi connectivity index (χ4n) is 2.07. The molecule has 1 aromatic carbocycles. The second-order valence-corrected chi connectivity index (χ2v) is 6.97. The van der Waals surface area contributed by atoms with E-state index in [1.165, 1.54) is 11.0 Å². The summed E-state index contributed by atoms with van der Waals surface area (Å²) in [6.07, 6.45) is 6.71. The summed E-state index contributed by atoms with van der Waals surface area (Å²) < 4.78 is 2.69. The summed E-state index contributed by atoms with van der Waals surface area (Å²) in [5.74, 6) is -0.171. The first kappa shape index (κ1) is 15.7. The highest BCUT2D eigenvalue weighted by atomic mass is 79.9. The SMILES string of the molecule is Cn1cc(NC(=O)/C=C/c2ccc(-c3cccc(Br)c3)s2)cn1. The van der Waals surface area contributed by atoms with Gasteiger partial charge in [0, 0.05) is 33.5 Å². The lowest BCUT2D eigenvalue weighted by molar-refractivity contribution is -0.111. The lowest BCUT2D eigenvalue weighted by Crippen LogP contribution is -2.06. The number of halogens is 1. The fraction of sp³-hybridized carbons (Fsp3) is 0.0588. The van der Waals surface area contributed by atoms with Gasteiger partial charge >= 0.3 is 0 Å². The molecule has 0 fully saturated rings. The monoisotopic (exact) mass is 387 g/mol. The van der Waals surface area contributed by atoms with Crippen LogP contribution in [-0.2, 0) is 11.8 Å². The summed E-state index contributed by atoms with van der Waals surface area (Å²) in [5.41, 5.74) is 1.84. The molecule has 0 unspecified atom stereocenters. The molecule has 0 saturated carbocycles. The number of hydrogen-bond donors (Lipinski definition) is 1. The van der Waals surface area contributed by atoms with Crippen LogP contribution in [0.2, 0.25) is 0 Å². The van der Waals surface area contributed by atoms with E-state index in [4.69, 9.17) is 0 Å². The minimum atomic E-state index is -0.171. The molecule has 0 radical (unpaired) electrons. The molecule has 0 aliphatic carbocycles. The predicted molar refractivity (Wildman–Crippen MR) is 98.3 cm³/mol. The first-order valence-corrected chi connectivity index (χ1v) is 8.54. The molecule has 0 spiro atoms. The third kappa shape index (κ3) is 4.18. The third-order valence-corrected chi connectivity index (χ3v) is 4.70. The number of amides is 1. The summed E-state index contributed by atoms with van der Waals surface area (Å²) in [4.78, 5) is 14.1. The van der Waals surface area contributed by atoms with Gasteiger partial charge in [-0.1, -0.05) is 28.1 Å². The molecule has 6 heteroatoms. The van der Waals surface area contributed by atoms with Crippen LogP contribution >= 0.6 is 27.3 Å². The Morgan fingerprint density at radius 2 is 2.22 bits per heavy atom. The number of carbonyl (C=O) groups excluding carboxylic acids is 1. The number of anilines is 1. The molecule has 4 nitrogen and oxygen atoms in total. The summed E-state index contributed by atoms with van der Waals surface area (Å²) in [6.45, 7) is 0. The Labute approximate surface area is 146 Å². The van der Waals surface area contributed by atoms with E-state index in [0.717, 1.165) is 14.9 Å². The van der Waals surface area contributed by atoms with Crippen molar-refractivity contribution in [2.24, 2.45) is 7.05 Å². The molecule has 1 amide bonds. The summed E-state index contributed by atoms with van der Waals surface area (Å²) in [5, 5.41) is 6.78. The van der Waals surface area contributed by atoms with Gasteiger partial charge in [-0.2, -0.15) is 5.10 Å². The highest BCUT2D eigenvalue weighted by Crippen LogP contribution is 2.30. The summed E-state index contributed by atoms with van der Waals surface area (Å²) >= 11 is 5.12. The lowest BCUT2D eigenvalue weighted by atomic mass is 10.2. The smallest absolute Gasteiger partial charge is 0.248 e. The summed E-state index contributed by atoms with van der Waals surface area (Å²) in [6, 6.07) is 12.2. The van der Waals surface area contributed by atoms with E-state index in [0.29, 0.717) is 5.69 Å². The van der Waals surface area contributed by atoms with Crippen LogP contribution in [0.4, 0.5) is 5.69 Å². The minimum Gasteiger partial charge on any atom is -0.320 e. The number of aromatic nitrogens is 2. The van der Waals surface area contributed by atoms with Gasteiger partial charge < -0.3 is 5.32 Å². The molecular formula is C17H14BrN3OS. The van der Waals surface area contributed by atoms with Gasteiger partial charge in [-0.15, -0.1) is 11.3 Å². The molecule has 3 aromatic rings. The molecule has 116 valence electrons. The Kier molecular flexibility index (Phi) is 4.73. The normalized spacial score (nSPS) is 11.0. The molecule has 2 heterocycles. The number of thiophene rings is 1. The largest absolute Gasteiger partial charge is 0.320 e. The molecule has 0 bridgehead atoms. The number of hydrogen-bond acceptors (Lipinski definition) is 3. The van der Waals surface area contributed by atoms with Crippen molar-refractivity contribution in [3.63, 3.8) is 0 Å². The topological polar surface area (TPSA) is 46.9 Å². The van der Waals surface area contributed by atoms with Crippen molar-refractivity contribution in [1.82, 2.24) is 9.78 Å². The van der Waals surface area contributed by atoms with Crippen LogP contribution < -0.4 is 5.32 Å². The Hall–Kier alpha value is -2.18. The lowest BCUT2D eigenvalue weighted by Gasteiger charge is -1.97. The molecule has 0 atom stereocenters. The Morgan fingerprint density at radius 1 is 1.35 bits per heavy atom. The molecule has 2 aromatic heterocycles. The zero-order chi connectivity index (χ0) is 16.2. The first-order valence-electron chi connectivity index (χ1n) is 6.94. The van der Waals surface area contributed by atoms with Crippen molar-refractivity contribution in [3.05, 3.63) is 64.2 Å². The highest BCUT2D eigenvalue weighted by molar-refractivity contribution is 9.10. The van der Waals surface area contributed by atoms with Crippen molar-refractivity contribution in [2.75, 3.05) is 5.32 Å². The van der Waals surface area contributed by atoms with E-state index in [2.05, 4.69) is 44.5 Å². The van der Waals surface area contributed by atoms with Crippen molar-refractivity contribution in [1.29, 1.82) is 0 Å². The van der Waals surface area contributed by atoms with Crippen LogP contribution in [0.5, 0.6) is 0 Å². The number of aryl methyl sites for hydroxylation is 1. The molecule has 0 saturated heterocycles. The molecule has 0 aliphatic heterocycles. The number of carbonyl (C=O) groups is 1. The van der Waals surface area contributed by atoms with E-state index < -0.39 is 0 Å². The maximum absolute atomic E-state index is 11.9. The van der Waals surface area contributed by atoms with Crippen LogP contribution in [0.15, 0.2) is 59.3 Å². The second kappa shape index (κ2) is 6.93. The number of nitrogens with one attached hydrogen (secondary N) is 1. The van der Waals surface area contributed by atoms with Gasteiger partial charge in [-0.25, -0.2) is 0 Å². The van der Waals surface area contributed by atoms with E-state index in [9.17, 15) is 4.79 Å². The van der Waals surface area contributed by atoms with Crippen molar-refractivity contribution in [2.45, 2.75) is 0 Å². The highest BCUT2D eigenvalue weighted by Gasteiger charge is 2.03. The van der Waals surface area contributed by atoms with E-state index in [1.807, 2.05) is 24.3 Å². The van der Waals surface area contributed by atoms with Gasteiger partial charge in [-0.3, -0.25) is 9.48 Å². The van der Waals surface area contributed by atoms with E-state index in [-0.39, 0.29) is 5.91 Å². The van der Waals surface area contributed by atoms with Crippen LogP contribution in [-0.4, -0.2) is 15.7 Å². The third-order valence-electron chi connectivity index (χ3n) is 3.11. The Morgan fingerprint density at radius 3 is 2.96 bits per heavy atom. The Balaban J connectivity index is 1.67. The van der Waals surface area contributed by atoms with Gasteiger partial charge in [0.25, 0.3) is 0 Å². The maximum atomic E-state index is 11.9. The average Bonchev–Trinajstić information content (AvgIpc) is 3.14. The molecular weight excluding hydrogens is 374 g/mol. The van der Waals surface area contributed by atoms with Crippen LogP contribution in [0.25, 0.3) is 16.5 Å². The van der Waals surface area contributed by atoms with Crippen LogP contribution in [0, 0.1) is 0 Å². The predicted octanol–water partition coefficient (Wildman–Crippen LogP) is 4.56. The van der Waals surface area contributed by atoms with Gasteiger partial charge in [0.1, 0.15) is 0 Å². The fourth-order valence-corrected chi connectivity index (χ4v) is 3.37. The van der Waals surface area contributed by atoms with Gasteiger partial charge in [0.05, 0.1) is 11.9 Å². The minimum absolute atomic E-state index is 0.171. The average molecular weight is 388 g/mol. The van der Waals surface area contributed by atoms with Gasteiger partial charge in [-0.05, 0) is 35.9 Å². The van der Waals surface area contributed by atoms with Crippen LogP contribution in [0.1, 0.15) is 4.88 Å². The molecule has 1 N–H and O–H groups in total. The van der Waals surface area contributed by atoms with E-state index >= 15 is 0 Å². The Bertz CT molecular complexity index is 866. The zero-order valence-corrected chi connectivity index (χ0v) is 14.8. The molecule has 0 aliphatic rings. The quantitative estimate of drug-likeness (QED) is 0.666. The maximum Gasteiger partial charge on any atom is 0.248 e. The van der Waals surface area contributed by atoms with Gasteiger partial charge in [0.2, 0.25) is 5.91 Å². The molecule has 23 heavy (non-hydrogen) atoms. The summed E-state index contributed by atoms with van der Waals surface area (Å²) in [7, 11) is 1.81. The van der Waals surface area contributed by atoms with Crippen molar-refractivity contribution >= 4 is 44.9 Å². The zero-order valence-electron chi connectivity index (χ0n) is 12.4. The van der Waals surface area contributed by atoms with Gasteiger partial charge in [0.15, 0.2) is 0 Å². The number of benzene rings is 1. The second-order valence-electron chi connectivity index (χ2n) is 4.94. The number of nitrogens with zero attached hydrogens (tertiary/aromatic N) is 2. The number of rotatable bonds is 4.